The van der Waals surface area contributed by atoms with Gasteiger partial charge in [-0.1, -0.05) is 6.07 Å². The van der Waals surface area contributed by atoms with E-state index in [-0.39, 0.29) is 17.2 Å². The van der Waals surface area contributed by atoms with E-state index < -0.39 is 0 Å². The summed E-state index contributed by atoms with van der Waals surface area (Å²) in [6, 6.07) is 9.64. The molecule has 1 amide bonds. The molecule has 0 fully saturated rings. The number of fused-ring (bicyclic) bond motifs is 1. The molecule has 0 aliphatic carbocycles. The minimum absolute atomic E-state index is 0.205. The maximum Gasteiger partial charge on any atom is 0.272 e. The van der Waals surface area contributed by atoms with Crippen LogP contribution in [-0.2, 0) is 0 Å². The van der Waals surface area contributed by atoms with E-state index >= 15 is 0 Å². The number of hydrogen-bond acceptors (Lipinski definition) is 4. The Morgan fingerprint density at radius 2 is 1.85 bits per heavy atom. The maximum absolute atomic E-state index is 12.0. The summed E-state index contributed by atoms with van der Waals surface area (Å²) < 4.78 is 0. The van der Waals surface area contributed by atoms with Crippen LogP contribution in [0.5, 0.6) is 0 Å². The largest absolute Gasteiger partial charge is 0.321 e. The molecule has 0 saturated heterocycles. The van der Waals surface area contributed by atoms with Crippen molar-refractivity contribution in [2.45, 2.75) is 0 Å². The lowest BCUT2D eigenvalue weighted by Gasteiger charge is -2.05. The van der Waals surface area contributed by atoms with Gasteiger partial charge in [-0.25, -0.2) is 0 Å². The predicted molar refractivity (Wildman–Crippen MR) is 74.6 cm³/mol. The fourth-order valence-corrected chi connectivity index (χ4v) is 1.82. The van der Waals surface area contributed by atoms with Gasteiger partial charge in [0.1, 0.15) is 5.69 Å². The molecule has 3 aromatic rings. The molecule has 0 saturated carbocycles. The van der Waals surface area contributed by atoms with E-state index in [1.54, 1.807) is 30.6 Å². The van der Waals surface area contributed by atoms with Crippen molar-refractivity contribution in [1.82, 2.24) is 15.0 Å². The molecule has 98 valence electrons. The normalized spacial score (nSPS) is 10.4. The first-order valence-corrected chi connectivity index (χ1v) is 5.94. The Bertz CT molecular complexity index is 841. The highest BCUT2D eigenvalue weighted by Gasteiger charge is 2.07. The Morgan fingerprint density at radius 3 is 2.65 bits per heavy atom. The van der Waals surface area contributed by atoms with Gasteiger partial charge < -0.3 is 10.3 Å². The van der Waals surface area contributed by atoms with Crippen LogP contribution in [0.3, 0.4) is 0 Å². The number of carbonyl (C=O) groups is 1. The van der Waals surface area contributed by atoms with Gasteiger partial charge in [0, 0.05) is 24.1 Å². The highest BCUT2D eigenvalue weighted by atomic mass is 16.2. The van der Waals surface area contributed by atoms with Crippen LogP contribution in [0.2, 0.25) is 0 Å². The number of aromatic amines is 1. The van der Waals surface area contributed by atoms with Crippen LogP contribution >= 0.6 is 0 Å². The zero-order valence-electron chi connectivity index (χ0n) is 10.3. The monoisotopic (exact) mass is 266 g/mol. The Labute approximate surface area is 113 Å². The molecule has 2 N–H and O–H groups in total. The molecule has 6 nitrogen and oxygen atoms in total. The standard InChI is InChI=1S/C14H10N4O2/c19-13-3-1-2-11(18-13)14(20)17-9-4-5-10-12(8-9)16-7-6-15-10/h1-8H,(H,17,20)(H,18,19). The van der Waals surface area contributed by atoms with Crippen molar-refractivity contribution in [3.05, 3.63) is 64.8 Å². The topological polar surface area (TPSA) is 87.7 Å². The Balaban J connectivity index is 1.89. The van der Waals surface area contributed by atoms with Crippen LogP contribution in [-0.4, -0.2) is 20.9 Å². The summed E-state index contributed by atoms with van der Waals surface area (Å²) in [4.78, 5) is 33.9. The van der Waals surface area contributed by atoms with Gasteiger partial charge in [0.05, 0.1) is 11.0 Å². The SMILES string of the molecule is O=C(Nc1ccc2nccnc2c1)c1cccc(=O)[nH]1. The van der Waals surface area contributed by atoms with Gasteiger partial charge in [0.25, 0.3) is 5.91 Å². The Morgan fingerprint density at radius 1 is 1.05 bits per heavy atom. The van der Waals surface area contributed by atoms with Crippen LogP contribution in [0, 0.1) is 0 Å². The summed E-state index contributed by atoms with van der Waals surface area (Å²) in [6.07, 6.45) is 3.19. The van der Waals surface area contributed by atoms with Gasteiger partial charge in [-0.2, -0.15) is 0 Å². The second-order valence-corrected chi connectivity index (χ2v) is 4.14. The molecule has 3 rings (SSSR count). The second kappa shape index (κ2) is 4.93. The molecule has 0 aliphatic heterocycles. The van der Waals surface area contributed by atoms with Crippen molar-refractivity contribution in [3.8, 4) is 0 Å². The molecule has 2 aromatic heterocycles. The summed E-state index contributed by atoms with van der Waals surface area (Å²) in [6.45, 7) is 0. The lowest BCUT2D eigenvalue weighted by atomic mass is 10.2. The molecule has 1 aromatic carbocycles. The molecule has 6 heteroatoms. The van der Waals surface area contributed by atoms with Gasteiger partial charge in [0.2, 0.25) is 5.56 Å². The lowest BCUT2D eigenvalue weighted by Crippen LogP contribution is -2.17. The number of hydrogen-bond donors (Lipinski definition) is 2. The number of nitrogens with one attached hydrogen (secondary N) is 2. The van der Waals surface area contributed by atoms with Crippen molar-refractivity contribution < 1.29 is 4.79 Å². The Hall–Kier alpha value is -3.02. The fraction of sp³-hybridized carbons (Fsp3) is 0. The summed E-state index contributed by atoms with van der Waals surface area (Å²) >= 11 is 0. The number of rotatable bonds is 2. The van der Waals surface area contributed by atoms with Crippen molar-refractivity contribution in [3.63, 3.8) is 0 Å². The molecule has 20 heavy (non-hydrogen) atoms. The number of benzene rings is 1. The van der Waals surface area contributed by atoms with E-state index in [4.69, 9.17) is 0 Å². The number of anilines is 1. The molecule has 0 unspecified atom stereocenters. The third-order valence-electron chi connectivity index (χ3n) is 2.74. The number of carbonyl (C=O) groups excluding carboxylic acids is 1. The summed E-state index contributed by atoms with van der Waals surface area (Å²) in [7, 11) is 0. The summed E-state index contributed by atoms with van der Waals surface area (Å²) in [5.74, 6) is -0.383. The summed E-state index contributed by atoms with van der Waals surface area (Å²) in [5.41, 5.74) is 1.91. The first-order valence-electron chi connectivity index (χ1n) is 5.94. The van der Waals surface area contributed by atoms with Gasteiger partial charge in [-0.05, 0) is 24.3 Å². The van der Waals surface area contributed by atoms with E-state index in [0.717, 1.165) is 5.52 Å². The zero-order valence-corrected chi connectivity index (χ0v) is 10.3. The van der Waals surface area contributed by atoms with Crippen LogP contribution in [0.4, 0.5) is 5.69 Å². The average Bonchev–Trinajstić information content (AvgIpc) is 2.47. The molecular weight excluding hydrogens is 256 g/mol. The molecule has 0 bridgehead atoms. The number of H-pyrrole nitrogens is 1. The van der Waals surface area contributed by atoms with E-state index in [1.807, 2.05) is 0 Å². The molecular formula is C14H10N4O2. The highest BCUT2D eigenvalue weighted by molar-refractivity contribution is 6.03. The first kappa shape index (κ1) is 12.0. The van der Waals surface area contributed by atoms with Gasteiger partial charge in [-0.15, -0.1) is 0 Å². The number of amides is 1. The van der Waals surface area contributed by atoms with Crippen LogP contribution < -0.4 is 10.9 Å². The number of nitrogens with zero attached hydrogens (tertiary/aromatic N) is 2. The second-order valence-electron chi connectivity index (χ2n) is 4.14. The van der Waals surface area contributed by atoms with Gasteiger partial charge in [-0.3, -0.25) is 19.6 Å². The first-order chi connectivity index (χ1) is 9.72. The van der Waals surface area contributed by atoms with Crippen molar-refractivity contribution in [1.29, 1.82) is 0 Å². The minimum atomic E-state index is -0.383. The van der Waals surface area contributed by atoms with Gasteiger partial charge >= 0.3 is 0 Å². The third-order valence-corrected chi connectivity index (χ3v) is 2.74. The van der Waals surface area contributed by atoms with Gasteiger partial charge in [0.15, 0.2) is 0 Å². The predicted octanol–water partition coefficient (Wildman–Crippen LogP) is 1.57. The van der Waals surface area contributed by atoms with E-state index in [2.05, 4.69) is 20.3 Å². The Kier molecular flexibility index (Phi) is 2.96. The van der Waals surface area contributed by atoms with Crippen molar-refractivity contribution in [2.24, 2.45) is 0 Å². The molecule has 0 radical (unpaired) electrons. The summed E-state index contributed by atoms with van der Waals surface area (Å²) in [5, 5.41) is 2.70. The molecule has 2 heterocycles. The molecule has 0 spiro atoms. The van der Waals surface area contributed by atoms with Crippen LogP contribution in [0.1, 0.15) is 10.5 Å². The lowest BCUT2D eigenvalue weighted by molar-refractivity contribution is 0.102. The van der Waals surface area contributed by atoms with Crippen molar-refractivity contribution >= 4 is 22.6 Å². The smallest absolute Gasteiger partial charge is 0.272 e. The number of pyridine rings is 1. The van der Waals surface area contributed by atoms with Crippen LogP contribution in [0.15, 0.2) is 53.6 Å². The quantitative estimate of drug-likeness (QED) is 0.737. The van der Waals surface area contributed by atoms with E-state index in [9.17, 15) is 9.59 Å². The zero-order chi connectivity index (χ0) is 13.9. The highest BCUT2D eigenvalue weighted by Crippen LogP contribution is 2.15. The van der Waals surface area contributed by atoms with Crippen molar-refractivity contribution in [2.75, 3.05) is 5.32 Å². The minimum Gasteiger partial charge on any atom is -0.321 e. The van der Waals surface area contributed by atoms with E-state index in [1.165, 1.54) is 18.2 Å². The maximum atomic E-state index is 12.0. The molecule has 0 atom stereocenters. The third kappa shape index (κ3) is 2.39. The molecule has 0 aliphatic rings. The number of aromatic nitrogens is 3. The van der Waals surface area contributed by atoms with Crippen LogP contribution in [0.25, 0.3) is 11.0 Å². The average molecular weight is 266 g/mol. The van der Waals surface area contributed by atoms with E-state index in [0.29, 0.717) is 11.2 Å². The fourth-order valence-electron chi connectivity index (χ4n) is 1.82.